The minimum absolute atomic E-state index is 0.376. The number of nitrogens with zero attached hydrogens (tertiary/aromatic N) is 2. The molecule has 0 bridgehead atoms. The van der Waals surface area contributed by atoms with Gasteiger partial charge < -0.3 is 10.6 Å². The molecule has 0 aromatic heterocycles. The zero-order chi connectivity index (χ0) is 16.7. The Bertz CT molecular complexity index is 487. The number of aliphatic imine (C=N–C) groups is 1. The minimum atomic E-state index is 0.376. The van der Waals surface area contributed by atoms with Gasteiger partial charge in [0.15, 0.2) is 5.96 Å². The Morgan fingerprint density at radius 2 is 1.83 bits per heavy atom. The maximum absolute atomic E-state index is 4.85. The summed E-state index contributed by atoms with van der Waals surface area (Å²) in [6.07, 6.45) is 2.60. The smallest absolute Gasteiger partial charge is 0.191 e. The number of guanidine groups is 1. The first-order chi connectivity index (χ1) is 11.1. The van der Waals surface area contributed by atoms with Crippen LogP contribution in [-0.2, 0) is 0 Å². The molecule has 1 fully saturated rings. The number of hydrogen-bond donors (Lipinski definition) is 2. The molecule has 2 rings (SSSR count). The molecular weight excluding hydrogens is 284 g/mol. The van der Waals surface area contributed by atoms with E-state index in [1.54, 1.807) is 0 Å². The Hall–Kier alpha value is -1.55. The largest absolute Gasteiger partial charge is 0.357 e. The molecule has 1 aliphatic rings. The van der Waals surface area contributed by atoms with E-state index in [0.29, 0.717) is 12.1 Å². The van der Waals surface area contributed by atoms with Crippen LogP contribution in [0.5, 0.6) is 0 Å². The molecule has 1 aromatic carbocycles. The standard InChI is InChI=1S/C19H32N4/c1-5-20-19(22-15(2)3)21-14-18(23-12-6-7-13-23)17-10-8-16(4)9-11-17/h8-11,15,18H,5-7,12-14H2,1-4H3,(H2,20,21,22). The number of hydrogen-bond acceptors (Lipinski definition) is 2. The van der Waals surface area contributed by atoms with Gasteiger partial charge in [-0.05, 0) is 59.2 Å². The molecule has 0 radical (unpaired) electrons. The molecule has 4 nitrogen and oxygen atoms in total. The Morgan fingerprint density at radius 1 is 1.17 bits per heavy atom. The fraction of sp³-hybridized carbons (Fsp3) is 0.632. The van der Waals surface area contributed by atoms with Gasteiger partial charge in [-0.25, -0.2) is 0 Å². The number of likely N-dealkylation sites (tertiary alicyclic amines) is 1. The Balaban J connectivity index is 2.14. The van der Waals surface area contributed by atoms with Crippen LogP contribution in [0.2, 0.25) is 0 Å². The lowest BCUT2D eigenvalue weighted by atomic mass is 10.0. The summed E-state index contributed by atoms with van der Waals surface area (Å²) in [5.74, 6) is 0.916. The first-order valence-corrected chi connectivity index (χ1v) is 8.95. The Kier molecular flexibility index (Phi) is 6.90. The van der Waals surface area contributed by atoms with Gasteiger partial charge in [0.05, 0.1) is 12.6 Å². The van der Waals surface area contributed by atoms with E-state index in [4.69, 9.17) is 4.99 Å². The summed E-state index contributed by atoms with van der Waals surface area (Å²) < 4.78 is 0. The lowest BCUT2D eigenvalue weighted by molar-refractivity contribution is 0.251. The van der Waals surface area contributed by atoms with Crippen LogP contribution in [0.15, 0.2) is 29.3 Å². The normalized spacial score (nSPS) is 17.5. The molecule has 4 heteroatoms. The molecule has 0 spiro atoms. The lowest BCUT2D eigenvalue weighted by Gasteiger charge is -2.27. The van der Waals surface area contributed by atoms with Crippen molar-refractivity contribution in [2.75, 3.05) is 26.2 Å². The molecule has 1 aliphatic heterocycles. The van der Waals surface area contributed by atoms with Crippen LogP contribution in [-0.4, -0.2) is 43.1 Å². The molecule has 0 aliphatic carbocycles. The number of aryl methyl sites for hydroxylation is 1. The van der Waals surface area contributed by atoms with Crippen molar-refractivity contribution in [3.8, 4) is 0 Å². The van der Waals surface area contributed by atoms with Crippen molar-refractivity contribution in [2.45, 2.75) is 52.6 Å². The molecule has 128 valence electrons. The van der Waals surface area contributed by atoms with Crippen molar-refractivity contribution in [1.29, 1.82) is 0 Å². The molecule has 1 unspecified atom stereocenters. The molecule has 0 amide bonds. The van der Waals surface area contributed by atoms with Gasteiger partial charge in [-0.3, -0.25) is 9.89 Å². The van der Waals surface area contributed by atoms with E-state index in [2.05, 4.69) is 67.5 Å². The van der Waals surface area contributed by atoms with Crippen molar-refractivity contribution >= 4 is 5.96 Å². The van der Waals surface area contributed by atoms with E-state index in [1.165, 1.54) is 37.1 Å². The summed E-state index contributed by atoms with van der Waals surface area (Å²) >= 11 is 0. The molecular formula is C19H32N4. The first kappa shape index (κ1) is 17.8. The highest BCUT2D eigenvalue weighted by molar-refractivity contribution is 5.80. The van der Waals surface area contributed by atoms with Gasteiger partial charge in [-0.15, -0.1) is 0 Å². The van der Waals surface area contributed by atoms with Gasteiger partial charge in [0.2, 0.25) is 0 Å². The predicted molar refractivity (Wildman–Crippen MR) is 99.0 cm³/mol. The summed E-state index contributed by atoms with van der Waals surface area (Å²) in [7, 11) is 0. The van der Waals surface area contributed by atoms with E-state index >= 15 is 0 Å². The van der Waals surface area contributed by atoms with Gasteiger partial charge in [-0.2, -0.15) is 0 Å². The summed E-state index contributed by atoms with van der Waals surface area (Å²) in [4.78, 5) is 7.43. The molecule has 1 saturated heterocycles. The fourth-order valence-corrected chi connectivity index (χ4v) is 3.04. The van der Waals surface area contributed by atoms with Crippen molar-refractivity contribution in [1.82, 2.24) is 15.5 Å². The Morgan fingerprint density at radius 3 is 2.39 bits per heavy atom. The van der Waals surface area contributed by atoms with Crippen molar-refractivity contribution in [3.05, 3.63) is 35.4 Å². The second-order valence-electron chi connectivity index (χ2n) is 6.69. The maximum atomic E-state index is 4.85. The molecule has 2 N–H and O–H groups in total. The van der Waals surface area contributed by atoms with Gasteiger partial charge in [0.1, 0.15) is 0 Å². The van der Waals surface area contributed by atoms with E-state index in [-0.39, 0.29) is 0 Å². The fourth-order valence-electron chi connectivity index (χ4n) is 3.04. The van der Waals surface area contributed by atoms with Crippen LogP contribution >= 0.6 is 0 Å². The van der Waals surface area contributed by atoms with Crippen molar-refractivity contribution < 1.29 is 0 Å². The zero-order valence-electron chi connectivity index (χ0n) is 15.1. The van der Waals surface area contributed by atoms with E-state index in [0.717, 1.165) is 19.0 Å². The van der Waals surface area contributed by atoms with Crippen LogP contribution < -0.4 is 10.6 Å². The molecule has 1 heterocycles. The monoisotopic (exact) mass is 316 g/mol. The maximum Gasteiger partial charge on any atom is 0.191 e. The van der Waals surface area contributed by atoms with Crippen LogP contribution in [0, 0.1) is 6.92 Å². The summed E-state index contributed by atoms with van der Waals surface area (Å²) in [6, 6.07) is 9.70. The number of rotatable bonds is 6. The summed E-state index contributed by atoms with van der Waals surface area (Å²) in [5.41, 5.74) is 2.69. The molecule has 1 atom stereocenters. The second-order valence-corrected chi connectivity index (χ2v) is 6.69. The highest BCUT2D eigenvalue weighted by Crippen LogP contribution is 2.25. The third-order valence-electron chi connectivity index (χ3n) is 4.24. The quantitative estimate of drug-likeness (QED) is 0.626. The van der Waals surface area contributed by atoms with E-state index in [9.17, 15) is 0 Å². The van der Waals surface area contributed by atoms with E-state index < -0.39 is 0 Å². The van der Waals surface area contributed by atoms with Crippen LogP contribution in [0.3, 0.4) is 0 Å². The van der Waals surface area contributed by atoms with Gasteiger partial charge >= 0.3 is 0 Å². The number of nitrogens with one attached hydrogen (secondary N) is 2. The third kappa shape index (κ3) is 5.54. The number of benzene rings is 1. The highest BCUT2D eigenvalue weighted by Gasteiger charge is 2.23. The second kappa shape index (κ2) is 8.92. The molecule has 0 saturated carbocycles. The molecule has 1 aromatic rings. The average Bonchev–Trinajstić information content (AvgIpc) is 3.03. The summed E-state index contributed by atoms with van der Waals surface area (Å²) in [6.45, 7) is 12.6. The van der Waals surface area contributed by atoms with Crippen LogP contribution in [0.4, 0.5) is 0 Å². The zero-order valence-corrected chi connectivity index (χ0v) is 15.1. The minimum Gasteiger partial charge on any atom is -0.357 e. The van der Waals surface area contributed by atoms with Gasteiger partial charge in [-0.1, -0.05) is 29.8 Å². The van der Waals surface area contributed by atoms with Gasteiger partial charge in [0, 0.05) is 12.6 Å². The lowest BCUT2D eigenvalue weighted by Crippen LogP contribution is -2.41. The van der Waals surface area contributed by atoms with Crippen LogP contribution in [0.1, 0.15) is 50.8 Å². The Labute approximate surface area is 141 Å². The molecule has 23 heavy (non-hydrogen) atoms. The summed E-state index contributed by atoms with van der Waals surface area (Å²) in [5, 5.41) is 6.75. The van der Waals surface area contributed by atoms with Gasteiger partial charge in [0.25, 0.3) is 0 Å². The third-order valence-corrected chi connectivity index (χ3v) is 4.24. The topological polar surface area (TPSA) is 39.7 Å². The SMILES string of the molecule is CCNC(=NCC(c1ccc(C)cc1)N1CCCC1)NC(C)C. The van der Waals surface area contributed by atoms with Crippen molar-refractivity contribution in [2.24, 2.45) is 4.99 Å². The predicted octanol–water partition coefficient (Wildman–Crippen LogP) is 3.10. The van der Waals surface area contributed by atoms with Crippen LogP contribution in [0.25, 0.3) is 0 Å². The van der Waals surface area contributed by atoms with E-state index in [1.807, 2.05) is 0 Å². The van der Waals surface area contributed by atoms with Crippen molar-refractivity contribution in [3.63, 3.8) is 0 Å². The first-order valence-electron chi connectivity index (χ1n) is 8.95. The highest BCUT2D eigenvalue weighted by atomic mass is 15.2. The average molecular weight is 316 g/mol.